The summed E-state index contributed by atoms with van der Waals surface area (Å²) in [6.07, 6.45) is 0. The number of rotatable bonds is 9. The molecule has 0 aliphatic rings. The number of aliphatic hydroxyl groups excluding tert-OH is 2. The number of aliphatic hydroxyl groups is 2. The minimum atomic E-state index is -2.05. The number of anilines is 2. The van der Waals surface area contributed by atoms with E-state index in [2.05, 4.69) is 15.3 Å². The van der Waals surface area contributed by atoms with Crippen LogP contribution in [0, 0.1) is 4.91 Å². The van der Waals surface area contributed by atoms with Crippen molar-refractivity contribution in [2.75, 3.05) is 24.7 Å². The van der Waals surface area contributed by atoms with E-state index in [0.717, 1.165) is 0 Å². The maximum Gasteiger partial charge on any atom is 0.331 e. The fourth-order valence-corrected chi connectivity index (χ4v) is 1.80. The fourth-order valence-electron chi connectivity index (χ4n) is 1.80. The molecule has 2 atom stereocenters. The Hall–Kier alpha value is -3.92. The summed E-state index contributed by atoms with van der Waals surface area (Å²) in [6, 6.07) is -3.73. The number of nitrogens with two attached hydrogens (primary N) is 2. The van der Waals surface area contributed by atoms with Crippen LogP contribution in [0.25, 0.3) is 0 Å². The van der Waals surface area contributed by atoms with Crippen molar-refractivity contribution in [3.05, 3.63) is 16.3 Å². The molecule has 0 unspecified atom stereocenters. The number of carbonyl (C=O) groups is 4. The molecule has 1 aromatic heterocycles. The molecule has 0 saturated heterocycles. The van der Waals surface area contributed by atoms with E-state index in [4.69, 9.17) is 31.9 Å². The zero-order valence-electron chi connectivity index (χ0n) is 13.8. The third kappa shape index (κ3) is 4.62. The van der Waals surface area contributed by atoms with Crippen molar-refractivity contribution in [3.63, 3.8) is 0 Å². The van der Waals surface area contributed by atoms with Crippen LogP contribution in [0.15, 0.2) is 5.29 Å². The lowest BCUT2D eigenvalue weighted by Gasteiger charge is -2.19. The van der Waals surface area contributed by atoms with E-state index in [1.54, 1.807) is 0 Å². The van der Waals surface area contributed by atoms with Crippen molar-refractivity contribution in [2.24, 2.45) is 5.29 Å². The summed E-state index contributed by atoms with van der Waals surface area (Å²) in [5.74, 6) is -7.47. The lowest BCUT2D eigenvalue weighted by molar-refractivity contribution is -0.144. The van der Waals surface area contributed by atoms with E-state index < -0.39 is 72.1 Å². The predicted octanol–water partition coefficient (Wildman–Crippen LogP) is -3.61. The average molecular weight is 401 g/mol. The minimum absolute atomic E-state index is 0.159. The van der Waals surface area contributed by atoms with Crippen LogP contribution in [0.2, 0.25) is 0 Å². The van der Waals surface area contributed by atoms with Crippen molar-refractivity contribution in [1.82, 2.24) is 20.3 Å². The quantitative estimate of drug-likeness (QED) is 0.156. The third-order valence-electron chi connectivity index (χ3n) is 3.20. The molecule has 1 heterocycles. The van der Waals surface area contributed by atoms with Crippen LogP contribution in [0.3, 0.4) is 0 Å². The summed E-state index contributed by atoms with van der Waals surface area (Å²) < 4.78 is 0. The number of carbonyl (C=O) groups excluding carboxylic acids is 2. The van der Waals surface area contributed by atoms with E-state index >= 15 is 0 Å². The number of aliphatic carboxylic acids is 2. The molecule has 0 spiro atoms. The van der Waals surface area contributed by atoms with E-state index in [0.29, 0.717) is 0 Å². The Labute approximate surface area is 154 Å². The second-order valence-corrected chi connectivity index (χ2v) is 5.01. The number of nitrogens with one attached hydrogen (secondary N) is 1. The number of amides is 2. The minimum Gasteiger partial charge on any atom is -0.480 e. The van der Waals surface area contributed by atoms with Gasteiger partial charge in [0.1, 0.15) is 0 Å². The van der Waals surface area contributed by atoms with Gasteiger partial charge < -0.3 is 37.2 Å². The van der Waals surface area contributed by atoms with Crippen LogP contribution in [-0.4, -0.2) is 84.5 Å². The van der Waals surface area contributed by atoms with Crippen molar-refractivity contribution >= 4 is 35.4 Å². The van der Waals surface area contributed by atoms with Gasteiger partial charge in [0.15, 0.2) is 35.1 Å². The fraction of sp³-hybridized carbons (Fsp3) is 0.333. The molecule has 0 aromatic carbocycles. The normalized spacial score (nSPS) is 12.5. The Morgan fingerprint density at radius 2 is 1.54 bits per heavy atom. The summed E-state index contributed by atoms with van der Waals surface area (Å²) in [5.41, 5.74) is 9.43. The number of nitrogen functional groups attached to an aromatic ring is 2. The molecule has 9 N–H and O–H groups in total. The molecule has 0 bridgehead atoms. The highest BCUT2D eigenvalue weighted by Crippen LogP contribution is 2.17. The van der Waals surface area contributed by atoms with Gasteiger partial charge in [0.2, 0.25) is 0 Å². The SMILES string of the molecule is Nc1nc(C(=O)N(N=O)[C@H](CO)C(=O)O)c(N)nc1C(=O)N[C@H](CO)C(=O)O. The van der Waals surface area contributed by atoms with Crippen molar-refractivity contribution in [2.45, 2.75) is 12.1 Å². The van der Waals surface area contributed by atoms with Crippen LogP contribution >= 0.6 is 0 Å². The van der Waals surface area contributed by atoms with Gasteiger partial charge >= 0.3 is 11.9 Å². The van der Waals surface area contributed by atoms with Gasteiger partial charge in [-0.1, -0.05) is 0 Å². The van der Waals surface area contributed by atoms with Gasteiger partial charge in [-0.2, -0.15) is 5.01 Å². The Morgan fingerprint density at radius 3 is 1.96 bits per heavy atom. The molecule has 152 valence electrons. The number of nitrogens with zero attached hydrogens (tertiary/aromatic N) is 4. The molecular weight excluding hydrogens is 386 g/mol. The Balaban J connectivity index is 3.25. The topological polar surface area (TPSA) is 272 Å². The highest BCUT2D eigenvalue weighted by Gasteiger charge is 2.34. The zero-order valence-corrected chi connectivity index (χ0v) is 13.8. The Bertz CT molecular complexity index is 815. The summed E-state index contributed by atoms with van der Waals surface area (Å²) in [5, 5.41) is 39.5. The summed E-state index contributed by atoms with van der Waals surface area (Å²) in [6.45, 7) is -2.11. The predicted molar refractivity (Wildman–Crippen MR) is 87.3 cm³/mol. The van der Waals surface area contributed by atoms with Crippen LogP contribution in [-0.2, 0) is 9.59 Å². The van der Waals surface area contributed by atoms with Gasteiger partial charge in [-0.25, -0.2) is 19.6 Å². The van der Waals surface area contributed by atoms with Crippen LogP contribution < -0.4 is 16.8 Å². The van der Waals surface area contributed by atoms with E-state index in [1.165, 1.54) is 0 Å². The summed E-state index contributed by atoms with van der Waals surface area (Å²) in [4.78, 5) is 63.9. The number of carboxylic acids is 2. The number of carboxylic acid groups (broad SMARTS) is 2. The lowest BCUT2D eigenvalue weighted by Crippen LogP contribution is -2.45. The van der Waals surface area contributed by atoms with Crippen LogP contribution in [0.5, 0.6) is 0 Å². The van der Waals surface area contributed by atoms with E-state index in [-0.39, 0.29) is 5.01 Å². The van der Waals surface area contributed by atoms with Gasteiger partial charge in [0, 0.05) is 0 Å². The largest absolute Gasteiger partial charge is 0.480 e. The second kappa shape index (κ2) is 9.14. The van der Waals surface area contributed by atoms with Crippen LogP contribution in [0.4, 0.5) is 11.6 Å². The van der Waals surface area contributed by atoms with Crippen LogP contribution in [0.1, 0.15) is 21.0 Å². The maximum atomic E-state index is 12.3. The van der Waals surface area contributed by atoms with Gasteiger partial charge in [-0.05, 0) is 0 Å². The average Bonchev–Trinajstić information content (AvgIpc) is 2.63. The summed E-state index contributed by atoms with van der Waals surface area (Å²) >= 11 is 0. The molecule has 1 aromatic rings. The number of hydrogen-bond acceptors (Lipinski definition) is 12. The van der Waals surface area contributed by atoms with Gasteiger partial charge in [-0.3, -0.25) is 9.59 Å². The van der Waals surface area contributed by atoms with Gasteiger partial charge in [0.05, 0.1) is 18.5 Å². The van der Waals surface area contributed by atoms with Gasteiger partial charge in [-0.15, -0.1) is 4.91 Å². The number of nitroso groups, excluding NO2 is 1. The molecule has 16 heteroatoms. The Kier molecular flexibility index (Phi) is 7.22. The maximum absolute atomic E-state index is 12.3. The molecule has 16 nitrogen and oxygen atoms in total. The van der Waals surface area contributed by atoms with Crippen molar-refractivity contribution in [1.29, 1.82) is 0 Å². The molecule has 0 aliphatic heterocycles. The number of aromatic nitrogens is 2. The van der Waals surface area contributed by atoms with E-state index in [1.807, 2.05) is 5.32 Å². The molecule has 1 rings (SSSR count). The third-order valence-corrected chi connectivity index (χ3v) is 3.20. The zero-order chi connectivity index (χ0) is 21.6. The molecule has 0 saturated carbocycles. The monoisotopic (exact) mass is 401 g/mol. The first kappa shape index (κ1) is 22.1. The van der Waals surface area contributed by atoms with E-state index in [9.17, 15) is 24.1 Å². The molecule has 2 amide bonds. The van der Waals surface area contributed by atoms with Crippen molar-refractivity contribution in [3.8, 4) is 0 Å². The first-order chi connectivity index (χ1) is 13.1. The summed E-state index contributed by atoms with van der Waals surface area (Å²) in [7, 11) is 0. The molecule has 28 heavy (non-hydrogen) atoms. The standard InChI is InChI=1S/C12H15N7O9/c13-7-5(9(22)15-3(1-20)11(24)25)16-8(14)6(17-7)10(23)19(18-28)4(2-21)12(26)27/h3-4,20-21H,1-2H2,(H2,13,17)(H2,14,16)(H,15,22)(H,24,25)(H,26,27)/t3-,4-/m1/s1. The molecular formula is C12H15N7O9. The first-order valence-corrected chi connectivity index (χ1v) is 7.16. The smallest absolute Gasteiger partial charge is 0.331 e. The molecule has 0 radical (unpaired) electrons. The molecule has 0 aliphatic carbocycles. The Morgan fingerprint density at radius 1 is 1.00 bits per heavy atom. The highest BCUT2D eigenvalue weighted by molar-refractivity contribution is 6.02. The first-order valence-electron chi connectivity index (χ1n) is 7.16. The second-order valence-electron chi connectivity index (χ2n) is 5.01. The lowest BCUT2D eigenvalue weighted by atomic mass is 10.2. The van der Waals surface area contributed by atoms with Crippen molar-refractivity contribution < 1.29 is 39.6 Å². The van der Waals surface area contributed by atoms with Gasteiger partial charge in [0.25, 0.3) is 11.8 Å². The number of hydrogen-bond donors (Lipinski definition) is 7. The molecule has 0 fully saturated rings. The highest BCUT2D eigenvalue weighted by atomic mass is 16.4.